The van der Waals surface area contributed by atoms with E-state index < -0.39 is 6.43 Å². The molecule has 3 nitrogen and oxygen atoms in total. The molecule has 0 radical (unpaired) electrons. The Balaban J connectivity index is 2.32. The standard InChI is InChI=1S/C14H22F2N2O/c1-3-17-10-12-5-4-6-13(9-12)19-8-7-18(2)11-14(15)16/h4-6,9,14,17H,3,7-8,10-11H2,1-2H3. The van der Waals surface area contributed by atoms with E-state index in [1.54, 1.807) is 11.9 Å². The van der Waals surface area contributed by atoms with Crippen LogP contribution < -0.4 is 10.1 Å². The predicted octanol–water partition coefficient (Wildman–Crippen LogP) is 2.37. The molecule has 1 N–H and O–H groups in total. The summed E-state index contributed by atoms with van der Waals surface area (Å²) >= 11 is 0. The molecule has 0 amide bonds. The summed E-state index contributed by atoms with van der Waals surface area (Å²) in [6, 6.07) is 7.81. The SMILES string of the molecule is CCNCc1cccc(OCCN(C)CC(F)F)c1. The van der Waals surface area contributed by atoms with E-state index in [-0.39, 0.29) is 6.54 Å². The average Bonchev–Trinajstić information content (AvgIpc) is 2.36. The normalized spacial score (nSPS) is 11.3. The highest BCUT2D eigenvalue weighted by atomic mass is 19.3. The Morgan fingerprint density at radius 2 is 2.16 bits per heavy atom. The molecule has 5 heteroatoms. The van der Waals surface area contributed by atoms with E-state index in [2.05, 4.69) is 12.2 Å². The van der Waals surface area contributed by atoms with Gasteiger partial charge >= 0.3 is 0 Å². The molecule has 1 aromatic rings. The van der Waals surface area contributed by atoms with E-state index in [1.807, 2.05) is 24.3 Å². The Morgan fingerprint density at radius 1 is 1.37 bits per heavy atom. The zero-order chi connectivity index (χ0) is 14.1. The Kier molecular flexibility index (Phi) is 7.36. The lowest BCUT2D eigenvalue weighted by molar-refractivity contribution is 0.0935. The van der Waals surface area contributed by atoms with Crippen LogP contribution in [0.3, 0.4) is 0 Å². The lowest BCUT2D eigenvalue weighted by Crippen LogP contribution is -2.28. The van der Waals surface area contributed by atoms with E-state index in [9.17, 15) is 8.78 Å². The van der Waals surface area contributed by atoms with Crippen molar-refractivity contribution in [2.75, 3.05) is 33.3 Å². The van der Waals surface area contributed by atoms with Crippen LogP contribution in [0.2, 0.25) is 0 Å². The van der Waals surface area contributed by atoms with E-state index in [1.165, 1.54) is 0 Å². The van der Waals surface area contributed by atoms with Crippen LogP contribution in [0.25, 0.3) is 0 Å². The van der Waals surface area contributed by atoms with Gasteiger partial charge in [0.25, 0.3) is 6.43 Å². The van der Waals surface area contributed by atoms with Crippen LogP contribution >= 0.6 is 0 Å². The lowest BCUT2D eigenvalue weighted by atomic mass is 10.2. The van der Waals surface area contributed by atoms with Gasteiger partial charge in [0.05, 0.1) is 6.54 Å². The third-order valence-corrected chi connectivity index (χ3v) is 2.67. The smallest absolute Gasteiger partial charge is 0.251 e. The number of nitrogens with one attached hydrogen (secondary N) is 1. The van der Waals surface area contributed by atoms with Crippen molar-refractivity contribution in [3.8, 4) is 5.75 Å². The Bertz CT molecular complexity index is 361. The first kappa shape index (κ1) is 15.9. The third kappa shape index (κ3) is 7.08. The molecule has 19 heavy (non-hydrogen) atoms. The summed E-state index contributed by atoms with van der Waals surface area (Å²) in [7, 11) is 1.66. The molecule has 0 aliphatic rings. The molecule has 0 aromatic heterocycles. The zero-order valence-corrected chi connectivity index (χ0v) is 11.5. The van der Waals surface area contributed by atoms with E-state index in [0.29, 0.717) is 13.2 Å². The first-order valence-corrected chi connectivity index (χ1v) is 6.51. The Labute approximate surface area is 113 Å². The fourth-order valence-corrected chi connectivity index (χ4v) is 1.66. The molecule has 0 unspecified atom stereocenters. The van der Waals surface area contributed by atoms with Crippen LogP contribution in [0.15, 0.2) is 24.3 Å². The monoisotopic (exact) mass is 272 g/mol. The predicted molar refractivity (Wildman–Crippen MR) is 72.8 cm³/mol. The van der Waals surface area contributed by atoms with Crippen molar-refractivity contribution < 1.29 is 13.5 Å². The molecule has 0 aliphatic carbocycles. The number of likely N-dealkylation sites (N-methyl/N-ethyl adjacent to an activating group) is 1. The molecular formula is C14H22F2N2O. The molecule has 0 aliphatic heterocycles. The summed E-state index contributed by atoms with van der Waals surface area (Å²) in [4.78, 5) is 1.56. The van der Waals surface area contributed by atoms with Crippen molar-refractivity contribution in [3.63, 3.8) is 0 Å². The number of alkyl halides is 2. The van der Waals surface area contributed by atoms with Crippen LogP contribution in [0, 0.1) is 0 Å². The Morgan fingerprint density at radius 3 is 2.84 bits per heavy atom. The van der Waals surface area contributed by atoms with E-state index in [4.69, 9.17) is 4.74 Å². The van der Waals surface area contributed by atoms with Crippen molar-refractivity contribution in [2.45, 2.75) is 19.9 Å². The van der Waals surface area contributed by atoms with Crippen LogP contribution in [0.5, 0.6) is 5.75 Å². The number of hydrogen-bond acceptors (Lipinski definition) is 3. The first-order valence-electron chi connectivity index (χ1n) is 6.51. The minimum atomic E-state index is -2.30. The first-order chi connectivity index (χ1) is 9.11. The molecule has 1 rings (SSSR count). The number of halogens is 2. The second-order valence-electron chi connectivity index (χ2n) is 4.43. The third-order valence-electron chi connectivity index (χ3n) is 2.67. The molecule has 0 heterocycles. The highest BCUT2D eigenvalue weighted by Crippen LogP contribution is 2.13. The van der Waals surface area contributed by atoms with Crippen molar-refractivity contribution >= 4 is 0 Å². The van der Waals surface area contributed by atoms with Gasteiger partial charge in [-0.25, -0.2) is 8.78 Å². The summed E-state index contributed by atoms with van der Waals surface area (Å²) in [5.74, 6) is 0.779. The summed E-state index contributed by atoms with van der Waals surface area (Å²) in [6.45, 7) is 4.46. The van der Waals surface area contributed by atoms with Gasteiger partial charge in [-0.05, 0) is 31.3 Å². The molecule has 0 bridgehead atoms. The fourth-order valence-electron chi connectivity index (χ4n) is 1.66. The summed E-state index contributed by atoms with van der Waals surface area (Å²) in [5, 5.41) is 3.24. The van der Waals surface area contributed by atoms with Gasteiger partial charge in [-0.2, -0.15) is 0 Å². The molecular weight excluding hydrogens is 250 g/mol. The van der Waals surface area contributed by atoms with Crippen molar-refractivity contribution in [1.29, 1.82) is 0 Å². The summed E-state index contributed by atoms with van der Waals surface area (Å²) in [6.07, 6.45) is -2.30. The maximum absolute atomic E-state index is 12.1. The quantitative estimate of drug-likeness (QED) is 0.747. The van der Waals surface area contributed by atoms with Crippen LogP contribution in [-0.2, 0) is 6.54 Å². The summed E-state index contributed by atoms with van der Waals surface area (Å²) < 4.78 is 29.8. The van der Waals surface area contributed by atoms with E-state index >= 15 is 0 Å². The van der Waals surface area contributed by atoms with Gasteiger partial charge in [0.1, 0.15) is 12.4 Å². The Hall–Kier alpha value is -1.20. The molecule has 0 saturated carbocycles. The number of benzene rings is 1. The molecule has 1 aromatic carbocycles. The number of nitrogens with zero attached hydrogens (tertiary/aromatic N) is 1. The van der Waals surface area contributed by atoms with E-state index in [0.717, 1.165) is 24.4 Å². The van der Waals surface area contributed by atoms with Crippen molar-refractivity contribution in [3.05, 3.63) is 29.8 Å². The van der Waals surface area contributed by atoms with Crippen LogP contribution in [0.1, 0.15) is 12.5 Å². The van der Waals surface area contributed by atoms with Gasteiger partial charge in [0.2, 0.25) is 0 Å². The molecule has 0 spiro atoms. The second kappa shape index (κ2) is 8.82. The molecule has 0 atom stereocenters. The van der Waals surface area contributed by atoms with Gasteiger partial charge in [-0.15, -0.1) is 0 Å². The highest BCUT2D eigenvalue weighted by molar-refractivity contribution is 5.28. The van der Waals surface area contributed by atoms with Gasteiger partial charge < -0.3 is 10.1 Å². The molecule has 0 saturated heterocycles. The van der Waals surface area contributed by atoms with Gasteiger partial charge in [-0.1, -0.05) is 19.1 Å². The zero-order valence-electron chi connectivity index (χ0n) is 11.5. The van der Waals surface area contributed by atoms with Crippen LogP contribution in [-0.4, -0.2) is 44.6 Å². The lowest BCUT2D eigenvalue weighted by Gasteiger charge is -2.16. The summed E-state index contributed by atoms with van der Waals surface area (Å²) in [5.41, 5.74) is 1.15. The molecule has 0 fully saturated rings. The average molecular weight is 272 g/mol. The maximum Gasteiger partial charge on any atom is 0.251 e. The second-order valence-corrected chi connectivity index (χ2v) is 4.43. The topological polar surface area (TPSA) is 24.5 Å². The van der Waals surface area contributed by atoms with Crippen LogP contribution in [0.4, 0.5) is 8.78 Å². The van der Waals surface area contributed by atoms with Crippen molar-refractivity contribution in [2.24, 2.45) is 0 Å². The highest BCUT2D eigenvalue weighted by Gasteiger charge is 2.07. The number of hydrogen-bond donors (Lipinski definition) is 1. The minimum absolute atomic E-state index is 0.218. The van der Waals surface area contributed by atoms with Gasteiger partial charge in [0.15, 0.2) is 0 Å². The maximum atomic E-state index is 12.1. The van der Waals surface area contributed by atoms with Gasteiger partial charge in [-0.3, -0.25) is 4.90 Å². The minimum Gasteiger partial charge on any atom is -0.492 e. The molecule has 108 valence electrons. The largest absolute Gasteiger partial charge is 0.492 e. The number of ether oxygens (including phenoxy) is 1. The van der Waals surface area contributed by atoms with Gasteiger partial charge in [0, 0.05) is 13.1 Å². The van der Waals surface area contributed by atoms with Crippen molar-refractivity contribution in [1.82, 2.24) is 10.2 Å². The fraction of sp³-hybridized carbons (Fsp3) is 0.571. The number of rotatable bonds is 9.